The molecule has 12 amide bonds. The molecule has 1 saturated heterocycles. The molecule has 0 aromatic heterocycles. The zero-order valence-electron chi connectivity index (χ0n) is 49.7. The van der Waals surface area contributed by atoms with Crippen LogP contribution in [0.5, 0.6) is 0 Å². The molecular formula is C60H82N18O12. The summed E-state index contributed by atoms with van der Waals surface area (Å²) in [7, 11) is 0. The Labute approximate surface area is 519 Å². The summed E-state index contributed by atoms with van der Waals surface area (Å²) in [5.41, 5.74) is 23.4. The number of nitrogens with one attached hydrogen (secondary N) is 14. The van der Waals surface area contributed by atoms with Gasteiger partial charge in [-0.15, -0.1) is 0 Å². The van der Waals surface area contributed by atoms with Crippen molar-refractivity contribution in [3.63, 3.8) is 0 Å². The number of carbonyl (C=O) groups is 11. The highest BCUT2D eigenvalue weighted by atomic mass is 16.4. The number of carboxylic acids is 1. The Morgan fingerprint density at radius 2 is 0.656 bits per heavy atom. The van der Waals surface area contributed by atoms with Gasteiger partial charge in [0.1, 0.15) is 48.3 Å². The summed E-state index contributed by atoms with van der Waals surface area (Å²) in [6.45, 7) is -0.147. The standard InChI is InChI=1S/C60H82N18O12/c61-57(62)67-27-9-19-40-49(81)73-42(21-11-29-69-59(65)89)50(82)72-41(20-10-28-68-58(63)64)52(84)75-44(25-26-48(79)80)53(85)76-45(32-35-13-3-1-4-14-35)55(87)77-46(33-36-15-5-2-6-16-36)56(88)78-47(34-37-23-24-38-17-7-8-18-39(38)31-37)54(86)74-43(51(83)71-40)22-12-30-70-60(66)90/h1-8,13-18,23-24,31,40-47H,9-12,19-22,25-30,32-34H2,(H,71,83)(H,72,82)(H,73,81)(H,74,86)(H,75,84)(H,76,85)(H,77,87)(H,78,88)(H,79,80)(H4,61,62,67)(H4,63,64,68)(H3,65,69,89)(H3,66,70,90)/t40-,41-,42+,43+,44+,45+,46-,47+/m1/s1. The molecule has 4 aromatic rings. The maximum atomic E-state index is 15.1. The van der Waals surface area contributed by atoms with Crippen LogP contribution >= 0.6 is 0 Å². The Kier molecular flexibility index (Phi) is 28.5. The number of carbonyl (C=O) groups excluding carboxylic acids is 10. The number of urea groups is 2. The summed E-state index contributed by atoms with van der Waals surface area (Å²) in [5.74, 6) is -9.79. The summed E-state index contributed by atoms with van der Waals surface area (Å²) in [5, 5.41) is 58.3. The molecular weight excluding hydrogens is 1160 g/mol. The van der Waals surface area contributed by atoms with Crippen LogP contribution < -0.4 is 86.7 Å². The van der Waals surface area contributed by atoms with E-state index in [4.69, 9.17) is 33.8 Å². The van der Waals surface area contributed by atoms with Crippen LogP contribution in [0.2, 0.25) is 0 Å². The Morgan fingerprint density at radius 3 is 0.989 bits per heavy atom. The smallest absolute Gasteiger partial charge is 0.312 e. The van der Waals surface area contributed by atoms with Crippen molar-refractivity contribution in [1.82, 2.24) is 63.8 Å². The summed E-state index contributed by atoms with van der Waals surface area (Å²) in [4.78, 5) is 154. The van der Waals surface area contributed by atoms with E-state index < -0.39 is 138 Å². The molecule has 5 rings (SSSR count). The number of rotatable bonds is 25. The van der Waals surface area contributed by atoms with Crippen molar-refractivity contribution in [3.05, 3.63) is 120 Å². The van der Waals surface area contributed by atoms with Crippen molar-refractivity contribution in [1.29, 1.82) is 10.8 Å². The van der Waals surface area contributed by atoms with Crippen LogP contribution in [0.3, 0.4) is 0 Å². The van der Waals surface area contributed by atoms with Gasteiger partial charge in [0, 0.05) is 51.9 Å². The predicted molar refractivity (Wildman–Crippen MR) is 332 cm³/mol. The quantitative estimate of drug-likeness (QED) is 0.0195. The van der Waals surface area contributed by atoms with E-state index in [0.29, 0.717) is 16.7 Å². The molecule has 1 aliphatic heterocycles. The molecule has 8 atom stereocenters. The van der Waals surface area contributed by atoms with E-state index in [9.17, 15) is 48.3 Å². The number of guanidine groups is 2. The normalized spacial score (nSPS) is 20.8. The lowest BCUT2D eigenvalue weighted by atomic mass is 9.99. The molecule has 30 heteroatoms. The van der Waals surface area contributed by atoms with Gasteiger partial charge in [-0.3, -0.25) is 54.0 Å². The monoisotopic (exact) mass is 1250 g/mol. The van der Waals surface area contributed by atoms with Crippen LogP contribution in [-0.4, -0.2) is 157 Å². The average Bonchev–Trinajstić information content (AvgIpc) is 1.12. The molecule has 23 N–H and O–H groups in total. The zero-order chi connectivity index (χ0) is 65.5. The van der Waals surface area contributed by atoms with Gasteiger partial charge in [-0.1, -0.05) is 103 Å². The van der Waals surface area contributed by atoms with Gasteiger partial charge >= 0.3 is 18.0 Å². The van der Waals surface area contributed by atoms with Crippen LogP contribution in [0.4, 0.5) is 9.59 Å². The van der Waals surface area contributed by atoms with Crippen molar-refractivity contribution >= 4 is 88.0 Å². The zero-order valence-corrected chi connectivity index (χ0v) is 49.7. The van der Waals surface area contributed by atoms with Gasteiger partial charge in [0.05, 0.1) is 0 Å². The van der Waals surface area contributed by atoms with E-state index in [2.05, 4.69) is 63.8 Å². The topological polar surface area (TPSA) is 504 Å². The van der Waals surface area contributed by atoms with E-state index in [-0.39, 0.29) is 96.8 Å². The Bertz CT molecular complexity index is 3160. The fourth-order valence-electron chi connectivity index (χ4n) is 9.81. The maximum Gasteiger partial charge on any atom is 0.312 e. The summed E-state index contributed by atoms with van der Waals surface area (Å²) < 4.78 is 0. The van der Waals surface area contributed by atoms with E-state index in [0.717, 1.165) is 10.8 Å². The van der Waals surface area contributed by atoms with Crippen LogP contribution in [0, 0.1) is 10.8 Å². The molecule has 0 bridgehead atoms. The molecule has 0 saturated carbocycles. The van der Waals surface area contributed by atoms with E-state index in [1.54, 1.807) is 66.7 Å². The van der Waals surface area contributed by atoms with Gasteiger partial charge in [0.15, 0.2) is 11.9 Å². The lowest BCUT2D eigenvalue weighted by Crippen LogP contribution is -2.62. The number of hydrogen-bond donors (Lipinski definition) is 19. The van der Waals surface area contributed by atoms with Gasteiger partial charge < -0.3 is 91.8 Å². The van der Waals surface area contributed by atoms with Crippen molar-refractivity contribution in [2.75, 3.05) is 26.2 Å². The number of amides is 12. The van der Waals surface area contributed by atoms with E-state index in [1.807, 2.05) is 36.4 Å². The molecule has 4 aromatic carbocycles. The molecule has 0 aliphatic carbocycles. The average molecular weight is 1250 g/mol. The maximum absolute atomic E-state index is 15.1. The number of benzene rings is 4. The molecule has 30 nitrogen and oxygen atoms in total. The summed E-state index contributed by atoms with van der Waals surface area (Å²) in [6.07, 6.45) is -2.49. The molecule has 0 radical (unpaired) electrons. The molecule has 0 spiro atoms. The van der Waals surface area contributed by atoms with Gasteiger partial charge in [-0.2, -0.15) is 0 Å². The highest BCUT2D eigenvalue weighted by Gasteiger charge is 2.36. The third kappa shape index (κ3) is 25.0. The minimum atomic E-state index is -1.70. The first-order valence-electron chi connectivity index (χ1n) is 29.5. The fraction of sp³-hybridized carbons (Fsp3) is 0.417. The van der Waals surface area contributed by atoms with Crippen LogP contribution in [-0.2, 0) is 62.4 Å². The van der Waals surface area contributed by atoms with Crippen molar-refractivity contribution in [2.45, 2.75) is 132 Å². The first-order valence-corrected chi connectivity index (χ1v) is 29.5. The SMILES string of the molecule is N=C(N)NCCC[C@H]1NC(=O)[C@H](CCCNC(N)=O)NC(=O)[C@@H](CCCNC(=N)N)NC(=O)[C@H](CCCNC(N)=O)NC(=O)[C@H](Cc2ccc3ccccc3c2)NC(=O)[C@@H](Cc2ccccc2)NC(=O)[C@H](Cc2ccccc2)NC(=O)[C@H](CCC(=O)O)NC1=O. The first kappa shape index (κ1) is 70.2. The highest BCUT2D eigenvalue weighted by molar-refractivity contribution is 5.99. The van der Waals surface area contributed by atoms with Gasteiger partial charge in [0.25, 0.3) is 0 Å². The molecule has 0 unspecified atom stereocenters. The lowest BCUT2D eigenvalue weighted by molar-refractivity contribution is -0.139. The molecule has 1 fully saturated rings. The number of carboxylic acid groups (broad SMARTS) is 1. The third-order valence-electron chi connectivity index (χ3n) is 14.4. The number of aliphatic carboxylic acids is 1. The van der Waals surface area contributed by atoms with Crippen molar-refractivity contribution < 1.29 is 57.8 Å². The van der Waals surface area contributed by atoms with Gasteiger partial charge in [-0.25, -0.2) is 9.59 Å². The minimum Gasteiger partial charge on any atom is -0.481 e. The van der Waals surface area contributed by atoms with Gasteiger partial charge in [0.2, 0.25) is 47.3 Å². The largest absolute Gasteiger partial charge is 0.481 e. The second-order valence-corrected chi connectivity index (χ2v) is 21.5. The number of hydrogen-bond acceptors (Lipinski definition) is 13. The fourth-order valence-corrected chi connectivity index (χ4v) is 9.81. The molecule has 1 heterocycles. The van der Waals surface area contributed by atoms with Crippen molar-refractivity contribution in [3.8, 4) is 0 Å². The number of primary amides is 2. The summed E-state index contributed by atoms with van der Waals surface area (Å²) >= 11 is 0. The Hall–Kier alpha value is -10.6. The summed E-state index contributed by atoms with van der Waals surface area (Å²) in [6, 6.07) is 15.6. The second kappa shape index (κ2) is 36.6. The third-order valence-corrected chi connectivity index (χ3v) is 14.4. The molecule has 484 valence electrons. The highest BCUT2D eigenvalue weighted by Crippen LogP contribution is 2.18. The second-order valence-electron chi connectivity index (χ2n) is 21.5. The van der Waals surface area contributed by atoms with Crippen LogP contribution in [0.1, 0.15) is 80.9 Å². The van der Waals surface area contributed by atoms with Gasteiger partial charge in [-0.05, 0) is 85.3 Å². The van der Waals surface area contributed by atoms with E-state index in [1.165, 1.54) is 0 Å². The number of nitrogens with two attached hydrogens (primary N) is 4. The van der Waals surface area contributed by atoms with Crippen LogP contribution in [0.25, 0.3) is 10.8 Å². The Morgan fingerprint density at radius 1 is 0.367 bits per heavy atom. The molecule has 90 heavy (non-hydrogen) atoms. The lowest BCUT2D eigenvalue weighted by Gasteiger charge is -2.29. The van der Waals surface area contributed by atoms with Crippen molar-refractivity contribution in [2.24, 2.45) is 22.9 Å². The van der Waals surface area contributed by atoms with E-state index >= 15 is 9.59 Å². The molecule has 1 aliphatic rings. The first-order chi connectivity index (χ1) is 43.0. The Balaban J connectivity index is 1.69. The predicted octanol–water partition coefficient (Wildman–Crippen LogP) is -1.95. The van der Waals surface area contributed by atoms with Crippen LogP contribution in [0.15, 0.2) is 103 Å². The number of fused-ring (bicyclic) bond motifs is 1. The minimum absolute atomic E-state index is 0.00447.